The lowest BCUT2D eigenvalue weighted by molar-refractivity contribution is -0.136. The number of nitrogens with one attached hydrogen (secondary N) is 1. The summed E-state index contributed by atoms with van der Waals surface area (Å²) in [6.07, 6.45) is 0. The fourth-order valence-electron chi connectivity index (χ4n) is 3.68. The summed E-state index contributed by atoms with van der Waals surface area (Å²) in [6.45, 7) is 2.15. The smallest absolute Gasteiger partial charge is 0.337 e. The summed E-state index contributed by atoms with van der Waals surface area (Å²) in [5.74, 6) is 0.927. The Kier molecular flexibility index (Phi) is 5.22. The summed E-state index contributed by atoms with van der Waals surface area (Å²) in [5, 5.41) is 2.92. The van der Waals surface area contributed by atoms with Crippen LogP contribution >= 0.6 is 0 Å². The second-order valence-corrected chi connectivity index (χ2v) is 6.90. The molecule has 0 unspecified atom stereocenters. The molecule has 8 nitrogen and oxygen atoms in total. The van der Waals surface area contributed by atoms with Crippen molar-refractivity contribution in [2.24, 2.45) is 0 Å². The van der Waals surface area contributed by atoms with Gasteiger partial charge in [-0.3, -0.25) is 4.90 Å². The van der Waals surface area contributed by atoms with E-state index in [-0.39, 0.29) is 12.8 Å². The minimum Gasteiger partial charge on any atom is -0.493 e. The van der Waals surface area contributed by atoms with Crippen LogP contribution in [-0.4, -0.2) is 37.9 Å². The van der Waals surface area contributed by atoms with Crippen LogP contribution in [0.5, 0.6) is 17.2 Å². The van der Waals surface area contributed by atoms with Crippen molar-refractivity contribution in [2.75, 3.05) is 21.0 Å². The van der Waals surface area contributed by atoms with Crippen molar-refractivity contribution in [1.29, 1.82) is 0 Å². The van der Waals surface area contributed by atoms with Gasteiger partial charge in [-0.15, -0.1) is 0 Å². The van der Waals surface area contributed by atoms with Gasteiger partial charge in [0.1, 0.15) is 0 Å². The predicted molar refractivity (Wildman–Crippen MR) is 107 cm³/mol. The topological polar surface area (TPSA) is 86.3 Å². The average Bonchev–Trinajstić information content (AvgIpc) is 3.24. The molecule has 2 heterocycles. The van der Waals surface area contributed by atoms with Gasteiger partial charge in [-0.05, 0) is 30.2 Å². The lowest BCUT2D eigenvalue weighted by Crippen LogP contribution is -2.47. The second-order valence-electron chi connectivity index (χ2n) is 6.90. The number of methoxy groups -OCH3 is 2. The Bertz CT molecular complexity index is 1020. The van der Waals surface area contributed by atoms with Crippen molar-refractivity contribution in [3.63, 3.8) is 0 Å². The van der Waals surface area contributed by atoms with E-state index in [9.17, 15) is 9.59 Å². The van der Waals surface area contributed by atoms with Crippen LogP contribution in [0.2, 0.25) is 0 Å². The summed E-state index contributed by atoms with van der Waals surface area (Å²) in [4.78, 5) is 27.2. The Labute approximate surface area is 174 Å². The molecule has 0 spiro atoms. The molecule has 0 saturated carbocycles. The van der Waals surface area contributed by atoms with Crippen LogP contribution in [0.3, 0.4) is 0 Å². The number of ether oxygens (including phenoxy) is 4. The van der Waals surface area contributed by atoms with Gasteiger partial charge >= 0.3 is 12.0 Å². The molecule has 0 radical (unpaired) electrons. The molecule has 0 fully saturated rings. The number of allylic oxidation sites excluding steroid dienone is 1. The number of fused-ring (bicyclic) bond motifs is 1. The first-order valence-electron chi connectivity index (χ1n) is 9.42. The highest BCUT2D eigenvalue weighted by atomic mass is 16.7. The number of amides is 2. The van der Waals surface area contributed by atoms with Gasteiger partial charge < -0.3 is 24.3 Å². The van der Waals surface area contributed by atoms with Crippen LogP contribution in [0.25, 0.3) is 0 Å². The minimum absolute atomic E-state index is 0.0791. The monoisotopic (exact) mass is 410 g/mol. The zero-order valence-corrected chi connectivity index (χ0v) is 16.9. The zero-order chi connectivity index (χ0) is 21.3. The lowest BCUT2D eigenvalue weighted by Gasteiger charge is -2.35. The number of benzene rings is 2. The fourth-order valence-corrected chi connectivity index (χ4v) is 3.68. The Morgan fingerprint density at radius 3 is 2.67 bits per heavy atom. The molecule has 1 atom stereocenters. The summed E-state index contributed by atoms with van der Waals surface area (Å²) in [5.41, 5.74) is 2.44. The number of hydrogen-bond donors (Lipinski definition) is 1. The third-order valence-corrected chi connectivity index (χ3v) is 5.20. The van der Waals surface area contributed by atoms with Crippen LogP contribution in [0.4, 0.5) is 4.79 Å². The largest absolute Gasteiger partial charge is 0.493 e. The molecular formula is C22H22N2O6. The van der Waals surface area contributed by atoms with Crippen molar-refractivity contribution in [1.82, 2.24) is 10.2 Å². The Morgan fingerprint density at radius 1 is 1.20 bits per heavy atom. The van der Waals surface area contributed by atoms with Gasteiger partial charge in [0.05, 0.1) is 32.4 Å². The highest BCUT2D eigenvalue weighted by Crippen LogP contribution is 2.44. The van der Waals surface area contributed by atoms with E-state index in [0.717, 1.165) is 5.56 Å². The van der Waals surface area contributed by atoms with E-state index in [1.54, 1.807) is 19.1 Å². The predicted octanol–water partition coefficient (Wildman–Crippen LogP) is 3.14. The highest BCUT2D eigenvalue weighted by molar-refractivity contribution is 5.95. The van der Waals surface area contributed by atoms with E-state index in [2.05, 4.69) is 5.32 Å². The van der Waals surface area contributed by atoms with Gasteiger partial charge in [-0.25, -0.2) is 9.59 Å². The molecule has 2 aromatic rings. The number of nitrogens with zero attached hydrogens (tertiary/aromatic N) is 1. The maximum atomic E-state index is 13.0. The maximum absolute atomic E-state index is 13.0. The molecule has 1 N–H and O–H groups in total. The number of carbonyl (C=O) groups is 2. The molecule has 0 saturated heterocycles. The van der Waals surface area contributed by atoms with Gasteiger partial charge in [0.25, 0.3) is 0 Å². The van der Waals surface area contributed by atoms with Crippen molar-refractivity contribution in [2.45, 2.75) is 19.5 Å². The van der Waals surface area contributed by atoms with E-state index in [0.29, 0.717) is 40.6 Å². The number of hydrogen-bond acceptors (Lipinski definition) is 6. The minimum atomic E-state index is -0.722. The first-order chi connectivity index (χ1) is 14.5. The lowest BCUT2D eigenvalue weighted by atomic mass is 9.94. The molecule has 0 bridgehead atoms. The van der Waals surface area contributed by atoms with E-state index in [1.165, 1.54) is 19.1 Å². The third kappa shape index (κ3) is 3.41. The van der Waals surface area contributed by atoms with Crippen LogP contribution in [0.15, 0.2) is 53.7 Å². The average molecular weight is 410 g/mol. The molecule has 2 amide bonds. The first kappa shape index (κ1) is 19.6. The third-order valence-electron chi connectivity index (χ3n) is 5.20. The van der Waals surface area contributed by atoms with Crippen LogP contribution in [-0.2, 0) is 16.1 Å². The van der Waals surface area contributed by atoms with Gasteiger partial charge in [-0.1, -0.05) is 30.3 Å². The van der Waals surface area contributed by atoms with Crippen molar-refractivity contribution in [3.8, 4) is 17.2 Å². The fraction of sp³-hybridized carbons (Fsp3) is 0.273. The zero-order valence-electron chi connectivity index (χ0n) is 16.9. The summed E-state index contributed by atoms with van der Waals surface area (Å²) in [7, 11) is 2.84. The molecule has 2 aliphatic heterocycles. The van der Waals surface area contributed by atoms with Crippen LogP contribution < -0.4 is 19.5 Å². The van der Waals surface area contributed by atoms with Crippen LogP contribution in [0.1, 0.15) is 24.1 Å². The number of esters is 1. The summed E-state index contributed by atoms with van der Waals surface area (Å²) < 4.78 is 21.4. The van der Waals surface area contributed by atoms with Crippen molar-refractivity contribution < 1.29 is 28.5 Å². The maximum Gasteiger partial charge on any atom is 0.337 e. The Balaban J connectivity index is 1.77. The number of urea groups is 1. The first-order valence-corrected chi connectivity index (χ1v) is 9.42. The van der Waals surface area contributed by atoms with Gasteiger partial charge in [-0.2, -0.15) is 0 Å². The van der Waals surface area contributed by atoms with Gasteiger partial charge in [0.2, 0.25) is 12.5 Å². The molecule has 4 rings (SSSR count). The molecule has 2 aliphatic rings. The standard InChI is InChI=1S/C22H22N2O6/c1-13-18(21(25)28-3)19(15-9-16(27-2)20-17(10-15)29-12-30-20)23-22(26)24(13)11-14-7-5-4-6-8-14/h4-10,19H,11-12H2,1-3H3,(H,23,26)/t19-/m1/s1. The summed E-state index contributed by atoms with van der Waals surface area (Å²) >= 11 is 0. The second kappa shape index (κ2) is 7.98. The van der Waals surface area contributed by atoms with Crippen LogP contribution in [0, 0.1) is 0 Å². The molecule has 30 heavy (non-hydrogen) atoms. The van der Waals surface area contributed by atoms with E-state index >= 15 is 0 Å². The van der Waals surface area contributed by atoms with Gasteiger partial charge in [0, 0.05) is 5.70 Å². The number of carbonyl (C=O) groups excluding carboxylic acids is 2. The van der Waals surface area contributed by atoms with E-state index < -0.39 is 12.0 Å². The molecule has 8 heteroatoms. The molecule has 2 aromatic carbocycles. The van der Waals surface area contributed by atoms with E-state index in [1.807, 2.05) is 30.3 Å². The molecule has 0 aromatic heterocycles. The van der Waals surface area contributed by atoms with E-state index in [4.69, 9.17) is 18.9 Å². The SMILES string of the molecule is COC(=O)C1=C(C)N(Cc2ccccc2)C(=O)N[C@@H]1c1cc(OC)c2c(c1)OCO2. The summed E-state index contributed by atoms with van der Waals surface area (Å²) in [6, 6.07) is 12.0. The Morgan fingerprint density at radius 2 is 1.97 bits per heavy atom. The van der Waals surface area contributed by atoms with Crippen molar-refractivity contribution >= 4 is 12.0 Å². The Hall–Kier alpha value is -3.68. The highest BCUT2D eigenvalue weighted by Gasteiger charge is 2.37. The molecule has 0 aliphatic carbocycles. The molecular weight excluding hydrogens is 388 g/mol. The molecule has 156 valence electrons. The quantitative estimate of drug-likeness (QED) is 0.763. The van der Waals surface area contributed by atoms with Gasteiger partial charge in [0.15, 0.2) is 11.5 Å². The normalized spacial score (nSPS) is 17.6. The van der Waals surface area contributed by atoms with Crippen molar-refractivity contribution in [3.05, 3.63) is 64.9 Å². The number of rotatable bonds is 5.